The third-order valence-electron chi connectivity index (χ3n) is 4.21. The van der Waals surface area contributed by atoms with Crippen molar-refractivity contribution in [1.29, 1.82) is 0 Å². The summed E-state index contributed by atoms with van der Waals surface area (Å²) in [5.74, 6) is -0.722. The molecular weight excluding hydrogens is 373 g/mol. The lowest BCUT2D eigenvalue weighted by Crippen LogP contribution is -2.35. The van der Waals surface area contributed by atoms with Crippen LogP contribution in [0, 0.1) is 5.82 Å². The number of halogens is 2. The highest BCUT2D eigenvalue weighted by atomic mass is 79.9. The van der Waals surface area contributed by atoms with E-state index in [9.17, 15) is 9.18 Å². The summed E-state index contributed by atoms with van der Waals surface area (Å²) in [4.78, 5) is 20.7. The number of pyridine rings is 1. The standard InChI is InChI=1S/C18H19BrFN3O/c19-16-4-1-3-15(17(16)20)18(24)23-10-2-9-22(11-12-23)13-14-5-7-21-8-6-14/h1,3-8H,2,9-13H2. The van der Waals surface area contributed by atoms with Crippen molar-refractivity contribution in [2.75, 3.05) is 26.2 Å². The number of hydrogen-bond donors (Lipinski definition) is 0. The highest BCUT2D eigenvalue weighted by molar-refractivity contribution is 9.10. The summed E-state index contributed by atoms with van der Waals surface area (Å²) in [5.41, 5.74) is 1.34. The monoisotopic (exact) mass is 391 g/mol. The third kappa shape index (κ3) is 3.99. The van der Waals surface area contributed by atoms with Gasteiger partial charge < -0.3 is 4.90 Å². The van der Waals surface area contributed by atoms with Gasteiger partial charge in [0, 0.05) is 45.1 Å². The van der Waals surface area contributed by atoms with Crippen molar-refractivity contribution in [2.24, 2.45) is 0 Å². The Labute approximate surface area is 149 Å². The summed E-state index contributed by atoms with van der Waals surface area (Å²) in [6.07, 6.45) is 4.46. The van der Waals surface area contributed by atoms with E-state index in [1.165, 1.54) is 5.56 Å². The fourth-order valence-corrected chi connectivity index (χ4v) is 3.28. The van der Waals surface area contributed by atoms with Gasteiger partial charge in [-0.2, -0.15) is 0 Å². The van der Waals surface area contributed by atoms with Gasteiger partial charge in [-0.05, 0) is 52.2 Å². The molecule has 4 nitrogen and oxygen atoms in total. The molecule has 0 N–H and O–H groups in total. The van der Waals surface area contributed by atoms with Crippen LogP contribution in [0.1, 0.15) is 22.3 Å². The van der Waals surface area contributed by atoms with Gasteiger partial charge in [0.05, 0.1) is 10.0 Å². The van der Waals surface area contributed by atoms with Crippen molar-refractivity contribution >= 4 is 21.8 Å². The SMILES string of the molecule is O=C(c1cccc(Br)c1F)N1CCCN(Cc2ccncc2)CC1. The first-order chi connectivity index (χ1) is 11.6. The maximum absolute atomic E-state index is 14.2. The first kappa shape index (κ1) is 17.0. The van der Waals surface area contributed by atoms with Gasteiger partial charge in [0.1, 0.15) is 5.82 Å². The van der Waals surface area contributed by atoms with Crippen LogP contribution in [0.2, 0.25) is 0 Å². The summed E-state index contributed by atoms with van der Waals surface area (Å²) in [6, 6.07) is 8.84. The molecule has 2 heterocycles. The topological polar surface area (TPSA) is 36.4 Å². The molecule has 0 aliphatic carbocycles. The molecule has 0 radical (unpaired) electrons. The van der Waals surface area contributed by atoms with Crippen LogP contribution in [0.4, 0.5) is 4.39 Å². The molecule has 126 valence electrons. The third-order valence-corrected chi connectivity index (χ3v) is 4.83. The molecule has 1 aliphatic rings. The zero-order chi connectivity index (χ0) is 16.9. The predicted octanol–water partition coefficient (Wildman–Crippen LogP) is 3.33. The molecule has 1 aromatic heterocycles. The average Bonchev–Trinajstić information content (AvgIpc) is 2.83. The zero-order valence-electron chi connectivity index (χ0n) is 13.3. The number of carbonyl (C=O) groups excluding carboxylic acids is 1. The van der Waals surface area contributed by atoms with Crippen molar-refractivity contribution in [3.8, 4) is 0 Å². The normalized spacial score (nSPS) is 16.0. The maximum Gasteiger partial charge on any atom is 0.256 e. The number of carbonyl (C=O) groups is 1. The van der Waals surface area contributed by atoms with E-state index in [0.717, 1.165) is 26.1 Å². The van der Waals surface area contributed by atoms with E-state index in [2.05, 4.69) is 25.8 Å². The molecule has 1 aliphatic heterocycles. The van der Waals surface area contributed by atoms with Gasteiger partial charge in [-0.15, -0.1) is 0 Å². The van der Waals surface area contributed by atoms with Crippen LogP contribution < -0.4 is 0 Å². The number of benzene rings is 1. The Morgan fingerprint density at radius 2 is 1.92 bits per heavy atom. The smallest absolute Gasteiger partial charge is 0.256 e. The van der Waals surface area contributed by atoms with Gasteiger partial charge in [-0.25, -0.2) is 4.39 Å². The lowest BCUT2D eigenvalue weighted by Gasteiger charge is -2.22. The first-order valence-corrected chi connectivity index (χ1v) is 8.79. The largest absolute Gasteiger partial charge is 0.337 e. The molecule has 0 bridgehead atoms. The predicted molar refractivity (Wildman–Crippen MR) is 94.1 cm³/mol. The van der Waals surface area contributed by atoms with Crippen molar-refractivity contribution in [3.63, 3.8) is 0 Å². The van der Waals surface area contributed by atoms with Gasteiger partial charge in [0.15, 0.2) is 0 Å². The Kier molecular flexibility index (Phi) is 5.58. The molecule has 3 rings (SSSR count). The molecule has 1 saturated heterocycles. The van der Waals surface area contributed by atoms with Crippen molar-refractivity contribution in [2.45, 2.75) is 13.0 Å². The number of hydrogen-bond acceptors (Lipinski definition) is 3. The number of rotatable bonds is 3. The molecule has 1 amide bonds. The Morgan fingerprint density at radius 1 is 1.12 bits per heavy atom. The molecule has 1 fully saturated rings. The average molecular weight is 392 g/mol. The summed E-state index contributed by atoms with van der Waals surface area (Å²) >= 11 is 3.14. The van der Waals surface area contributed by atoms with E-state index in [0.29, 0.717) is 17.6 Å². The van der Waals surface area contributed by atoms with Gasteiger partial charge in [-0.1, -0.05) is 6.07 Å². The van der Waals surface area contributed by atoms with Crippen LogP contribution in [0.15, 0.2) is 47.2 Å². The minimum Gasteiger partial charge on any atom is -0.337 e. The number of aromatic nitrogens is 1. The second-order valence-corrected chi connectivity index (χ2v) is 6.73. The number of amides is 1. The zero-order valence-corrected chi connectivity index (χ0v) is 14.9. The molecular formula is C18H19BrFN3O. The quantitative estimate of drug-likeness (QED) is 0.804. The van der Waals surface area contributed by atoms with Crippen molar-refractivity contribution < 1.29 is 9.18 Å². The fourth-order valence-electron chi connectivity index (χ4n) is 2.92. The van der Waals surface area contributed by atoms with Gasteiger partial charge >= 0.3 is 0 Å². The van der Waals surface area contributed by atoms with Crippen LogP contribution in [0.3, 0.4) is 0 Å². The van der Waals surface area contributed by atoms with E-state index in [4.69, 9.17) is 0 Å². The minimum atomic E-state index is -0.486. The van der Waals surface area contributed by atoms with Crippen LogP contribution in [-0.4, -0.2) is 46.9 Å². The Morgan fingerprint density at radius 3 is 2.71 bits per heavy atom. The fraction of sp³-hybridized carbons (Fsp3) is 0.333. The molecule has 6 heteroatoms. The number of nitrogens with zero attached hydrogens (tertiary/aromatic N) is 3. The van der Waals surface area contributed by atoms with Crippen molar-refractivity contribution in [3.05, 3.63) is 64.1 Å². The van der Waals surface area contributed by atoms with E-state index >= 15 is 0 Å². The second-order valence-electron chi connectivity index (χ2n) is 5.88. The van der Waals surface area contributed by atoms with E-state index in [-0.39, 0.29) is 11.5 Å². The lowest BCUT2D eigenvalue weighted by atomic mass is 10.2. The highest BCUT2D eigenvalue weighted by Crippen LogP contribution is 2.20. The molecule has 0 saturated carbocycles. The summed E-state index contributed by atoms with van der Waals surface area (Å²) < 4.78 is 14.5. The molecule has 0 atom stereocenters. The van der Waals surface area contributed by atoms with Crippen LogP contribution in [0.5, 0.6) is 0 Å². The summed E-state index contributed by atoms with van der Waals surface area (Å²) in [5, 5.41) is 0. The molecule has 0 unspecified atom stereocenters. The molecule has 2 aromatic rings. The van der Waals surface area contributed by atoms with Crippen LogP contribution >= 0.6 is 15.9 Å². The van der Waals surface area contributed by atoms with Crippen LogP contribution in [-0.2, 0) is 6.54 Å². The van der Waals surface area contributed by atoms with Crippen LogP contribution in [0.25, 0.3) is 0 Å². The molecule has 1 aromatic carbocycles. The summed E-state index contributed by atoms with van der Waals surface area (Å²) in [6.45, 7) is 3.81. The van der Waals surface area contributed by atoms with Gasteiger partial charge in [-0.3, -0.25) is 14.7 Å². The van der Waals surface area contributed by atoms with E-state index in [1.54, 1.807) is 35.5 Å². The van der Waals surface area contributed by atoms with Gasteiger partial charge in [0.2, 0.25) is 0 Å². The first-order valence-electron chi connectivity index (χ1n) is 7.99. The molecule has 0 spiro atoms. The van der Waals surface area contributed by atoms with Crippen molar-refractivity contribution in [1.82, 2.24) is 14.8 Å². The van der Waals surface area contributed by atoms with E-state index < -0.39 is 5.82 Å². The summed E-state index contributed by atoms with van der Waals surface area (Å²) in [7, 11) is 0. The maximum atomic E-state index is 14.2. The Bertz CT molecular complexity index is 711. The molecule has 24 heavy (non-hydrogen) atoms. The lowest BCUT2D eigenvalue weighted by molar-refractivity contribution is 0.0756. The highest BCUT2D eigenvalue weighted by Gasteiger charge is 2.23. The van der Waals surface area contributed by atoms with E-state index in [1.807, 2.05) is 12.1 Å². The van der Waals surface area contributed by atoms with Gasteiger partial charge in [0.25, 0.3) is 5.91 Å². The minimum absolute atomic E-state index is 0.131. The Hall–Kier alpha value is -1.79. The second kappa shape index (κ2) is 7.85. The Balaban J connectivity index is 1.65.